The molecule has 0 saturated heterocycles. The fourth-order valence-corrected chi connectivity index (χ4v) is 4.59. The lowest BCUT2D eigenvalue weighted by Crippen LogP contribution is -2.29. The molecule has 178 valence electrons. The largest absolute Gasteiger partial charge is 0.494 e. The molecule has 1 aliphatic heterocycles. The van der Waals surface area contributed by atoms with E-state index in [-0.39, 0.29) is 17.1 Å². The minimum absolute atomic E-state index is 0.0570. The Bertz CT molecular complexity index is 1470. The van der Waals surface area contributed by atoms with Gasteiger partial charge in [0.1, 0.15) is 11.3 Å². The molecule has 1 atom stereocenters. The van der Waals surface area contributed by atoms with Gasteiger partial charge in [-0.15, -0.1) is 0 Å². The van der Waals surface area contributed by atoms with Crippen molar-refractivity contribution < 1.29 is 13.9 Å². The smallest absolute Gasteiger partial charge is 0.295 e. The lowest BCUT2D eigenvalue weighted by atomic mass is 9.98. The molecule has 0 aliphatic carbocycles. The van der Waals surface area contributed by atoms with Crippen molar-refractivity contribution in [2.75, 3.05) is 11.5 Å². The van der Waals surface area contributed by atoms with Crippen LogP contribution in [0.25, 0.3) is 11.0 Å². The molecular formula is C29H26ClNO4. The van der Waals surface area contributed by atoms with Crippen molar-refractivity contribution >= 4 is 34.2 Å². The van der Waals surface area contributed by atoms with Crippen LogP contribution in [0, 0.1) is 12.8 Å². The van der Waals surface area contributed by atoms with Gasteiger partial charge in [-0.25, -0.2) is 0 Å². The highest BCUT2D eigenvalue weighted by Gasteiger charge is 2.43. The number of benzene rings is 3. The lowest BCUT2D eigenvalue weighted by molar-refractivity contribution is 0.0971. The first-order valence-corrected chi connectivity index (χ1v) is 12.1. The van der Waals surface area contributed by atoms with Crippen molar-refractivity contribution in [3.8, 4) is 5.75 Å². The number of aryl methyl sites for hydroxylation is 1. The molecule has 2 heterocycles. The summed E-state index contributed by atoms with van der Waals surface area (Å²) >= 11 is 6.18. The second kappa shape index (κ2) is 9.23. The Labute approximate surface area is 208 Å². The van der Waals surface area contributed by atoms with E-state index in [1.54, 1.807) is 23.1 Å². The molecule has 1 amide bonds. The molecule has 0 spiro atoms. The normalized spacial score (nSPS) is 15.2. The highest BCUT2D eigenvalue weighted by molar-refractivity contribution is 6.31. The predicted octanol–water partition coefficient (Wildman–Crippen LogP) is 6.93. The molecule has 1 aromatic heterocycles. The second-order valence-electron chi connectivity index (χ2n) is 9.33. The Balaban J connectivity index is 1.68. The van der Waals surface area contributed by atoms with Crippen LogP contribution in [0.1, 0.15) is 53.6 Å². The molecule has 3 aromatic carbocycles. The molecule has 0 N–H and O–H groups in total. The van der Waals surface area contributed by atoms with Crippen LogP contribution in [-0.4, -0.2) is 12.5 Å². The molecule has 0 fully saturated rings. The van der Waals surface area contributed by atoms with E-state index >= 15 is 0 Å². The highest BCUT2D eigenvalue weighted by atomic mass is 35.5. The average molecular weight is 488 g/mol. The van der Waals surface area contributed by atoms with E-state index in [4.69, 9.17) is 20.8 Å². The molecule has 5 nitrogen and oxygen atoms in total. The average Bonchev–Trinajstić information content (AvgIpc) is 3.13. The van der Waals surface area contributed by atoms with Gasteiger partial charge in [0.2, 0.25) is 5.76 Å². The number of nitrogens with zero attached hydrogens (tertiary/aromatic N) is 1. The van der Waals surface area contributed by atoms with E-state index < -0.39 is 6.04 Å². The van der Waals surface area contributed by atoms with Gasteiger partial charge in [-0.2, -0.15) is 0 Å². The fourth-order valence-electron chi connectivity index (χ4n) is 4.42. The summed E-state index contributed by atoms with van der Waals surface area (Å²) in [6.07, 6.45) is 0.931. The van der Waals surface area contributed by atoms with Crippen LogP contribution in [-0.2, 0) is 0 Å². The lowest BCUT2D eigenvalue weighted by Gasteiger charge is -2.25. The number of carbonyl (C=O) groups excluding carboxylic acids is 1. The van der Waals surface area contributed by atoms with E-state index in [1.165, 1.54) is 0 Å². The number of ether oxygens (including phenoxy) is 1. The SMILES string of the molecule is Cc1ccc(N2C(=O)c3oc4ccc(Cl)cc4c(=O)c3C2c2cccc(OCCC(C)C)c2)cc1. The van der Waals surface area contributed by atoms with Crippen LogP contribution >= 0.6 is 11.6 Å². The minimum Gasteiger partial charge on any atom is -0.494 e. The Morgan fingerprint density at radius 2 is 1.80 bits per heavy atom. The van der Waals surface area contributed by atoms with Gasteiger partial charge in [0.15, 0.2) is 5.43 Å². The highest BCUT2D eigenvalue weighted by Crippen LogP contribution is 2.42. The molecular weight excluding hydrogens is 462 g/mol. The maximum absolute atomic E-state index is 13.7. The van der Waals surface area contributed by atoms with Gasteiger partial charge in [-0.05, 0) is 67.3 Å². The van der Waals surface area contributed by atoms with Gasteiger partial charge < -0.3 is 9.15 Å². The van der Waals surface area contributed by atoms with Crippen molar-refractivity contribution in [3.63, 3.8) is 0 Å². The maximum Gasteiger partial charge on any atom is 0.295 e. The van der Waals surface area contributed by atoms with Crippen LogP contribution in [0.5, 0.6) is 5.75 Å². The number of rotatable bonds is 6. The molecule has 0 radical (unpaired) electrons. The third kappa shape index (κ3) is 4.32. The summed E-state index contributed by atoms with van der Waals surface area (Å²) in [5.41, 5.74) is 2.91. The summed E-state index contributed by atoms with van der Waals surface area (Å²) < 4.78 is 12.0. The number of anilines is 1. The summed E-state index contributed by atoms with van der Waals surface area (Å²) in [4.78, 5) is 29.1. The first-order chi connectivity index (χ1) is 16.8. The number of carbonyl (C=O) groups is 1. The van der Waals surface area contributed by atoms with Gasteiger partial charge in [-0.1, -0.05) is 55.3 Å². The topological polar surface area (TPSA) is 59.8 Å². The fraction of sp³-hybridized carbons (Fsp3) is 0.241. The van der Waals surface area contributed by atoms with E-state index in [0.29, 0.717) is 45.5 Å². The van der Waals surface area contributed by atoms with Crippen molar-refractivity contribution in [3.05, 3.63) is 104 Å². The number of halogens is 1. The molecule has 1 unspecified atom stereocenters. The van der Waals surface area contributed by atoms with Crippen molar-refractivity contribution in [2.45, 2.75) is 33.2 Å². The standard InChI is InChI=1S/C29H26ClNO4/c1-17(2)13-14-34-22-6-4-5-19(15-22)26-25-27(32)23-16-20(30)9-12-24(23)35-28(25)29(33)31(26)21-10-7-18(3)8-11-21/h4-12,15-17,26H,13-14H2,1-3H3. The van der Waals surface area contributed by atoms with Crippen LogP contribution in [0.3, 0.4) is 0 Å². The van der Waals surface area contributed by atoms with E-state index in [0.717, 1.165) is 17.5 Å². The minimum atomic E-state index is -0.659. The van der Waals surface area contributed by atoms with Crippen LogP contribution < -0.4 is 15.1 Å². The first kappa shape index (κ1) is 23.2. The van der Waals surface area contributed by atoms with Crippen molar-refractivity contribution in [1.82, 2.24) is 0 Å². The zero-order chi connectivity index (χ0) is 24.7. The predicted molar refractivity (Wildman–Crippen MR) is 139 cm³/mol. The van der Waals surface area contributed by atoms with E-state index in [1.807, 2.05) is 55.5 Å². The molecule has 35 heavy (non-hydrogen) atoms. The number of hydrogen-bond acceptors (Lipinski definition) is 4. The van der Waals surface area contributed by atoms with Gasteiger partial charge in [0.25, 0.3) is 5.91 Å². The number of fused-ring (bicyclic) bond motifs is 2. The Kier molecular flexibility index (Phi) is 6.12. The van der Waals surface area contributed by atoms with Crippen LogP contribution in [0.15, 0.2) is 75.9 Å². The summed E-state index contributed by atoms with van der Waals surface area (Å²) in [6.45, 7) is 6.88. The van der Waals surface area contributed by atoms with Crippen molar-refractivity contribution in [2.24, 2.45) is 5.92 Å². The summed E-state index contributed by atoms with van der Waals surface area (Å²) in [6, 6.07) is 19.4. The summed E-state index contributed by atoms with van der Waals surface area (Å²) in [5.74, 6) is 0.927. The first-order valence-electron chi connectivity index (χ1n) is 11.7. The molecule has 1 aliphatic rings. The van der Waals surface area contributed by atoms with E-state index in [2.05, 4.69) is 13.8 Å². The van der Waals surface area contributed by atoms with Gasteiger partial charge >= 0.3 is 0 Å². The number of hydrogen-bond donors (Lipinski definition) is 0. The van der Waals surface area contributed by atoms with Crippen molar-refractivity contribution in [1.29, 1.82) is 0 Å². The zero-order valence-electron chi connectivity index (χ0n) is 19.9. The second-order valence-corrected chi connectivity index (χ2v) is 9.77. The Hall–Kier alpha value is -3.57. The molecule has 4 aromatic rings. The van der Waals surface area contributed by atoms with Gasteiger partial charge in [0.05, 0.1) is 23.6 Å². The molecule has 5 rings (SSSR count). The monoisotopic (exact) mass is 487 g/mol. The van der Waals surface area contributed by atoms with Gasteiger partial charge in [0, 0.05) is 10.7 Å². The van der Waals surface area contributed by atoms with Crippen LogP contribution in [0.4, 0.5) is 5.69 Å². The number of amides is 1. The zero-order valence-corrected chi connectivity index (χ0v) is 20.6. The molecule has 6 heteroatoms. The summed E-state index contributed by atoms with van der Waals surface area (Å²) in [7, 11) is 0. The van der Waals surface area contributed by atoms with Crippen LogP contribution in [0.2, 0.25) is 5.02 Å². The maximum atomic E-state index is 13.7. The van der Waals surface area contributed by atoms with Gasteiger partial charge in [-0.3, -0.25) is 14.5 Å². The van der Waals surface area contributed by atoms with E-state index in [9.17, 15) is 9.59 Å². The Morgan fingerprint density at radius 1 is 1.03 bits per heavy atom. The Morgan fingerprint density at radius 3 is 2.54 bits per heavy atom. The third-order valence-corrected chi connectivity index (χ3v) is 6.52. The molecule has 0 saturated carbocycles. The quantitative estimate of drug-likeness (QED) is 0.296. The summed E-state index contributed by atoms with van der Waals surface area (Å²) in [5, 5.41) is 0.783. The molecule has 0 bridgehead atoms. The third-order valence-electron chi connectivity index (χ3n) is 6.28.